The van der Waals surface area contributed by atoms with Crippen molar-refractivity contribution in [1.29, 1.82) is 0 Å². The molecule has 26 heavy (non-hydrogen) atoms. The Balaban J connectivity index is 1.47. The van der Waals surface area contributed by atoms with Crippen molar-refractivity contribution in [3.05, 3.63) is 77.3 Å². The molecule has 2 atom stereocenters. The standard InChI is InChI=1S/C21H22ClN3O/c22-18-8-4-7-16(9-18)20-11-24-21(26-20)14-25-12-17(10-23)19(13-25)15-5-2-1-3-6-15/h1-9,11,17,19H,10,12-14,23H2/t17-,19+/m1/s1. The number of nitrogens with two attached hydrogens (primary N) is 1. The van der Waals surface area contributed by atoms with Gasteiger partial charge in [-0.15, -0.1) is 0 Å². The smallest absolute Gasteiger partial charge is 0.209 e. The lowest BCUT2D eigenvalue weighted by Gasteiger charge is -2.16. The molecule has 2 N–H and O–H groups in total. The van der Waals surface area contributed by atoms with Crippen LogP contribution in [0.2, 0.25) is 5.02 Å². The van der Waals surface area contributed by atoms with Crippen LogP contribution in [0.15, 0.2) is 65.2 Å². The Bertz CT molecular complexity index is 864. The number of rotatable bonds is 5. The molecular weight excluding hydrogens is 346 g/mol. The molecule has 0 bridgehead atoms. The summed E-state index contributed by atoms with van der Waals surface area (Å²) in [7, 11) is 0. The molecule has 1 aliphatic rings. The van der Waals surface area contributed by atoms with E-state index in [0.717, 1.165) is 30.3 Å². The zero-order chi connectivity index (χ0) is 17.9. The number of likely N-dealkylation sites (tertiary alicyclic amines) is 1. The molecular formula is C21H22ClN3O. The first kappa shape index (κ1) is 17.3. The normalized spacial score (nSPS) is 20.5. The van der Waals surface area contributed by atoms with Crippen LogP contribution in [-0.2, 0) is 6.54 Å². The molecule has 4 nitrogen and oxygen atoms in total. The lowest BCUT2D eigenvalue weighted by atomic mass is 9.89. The molecule has 0 spiro atoms. The van der Waals surface area contributed by atoms with Gasteiger partial charge in [0.05, 0.1) is 12.7 Å². The number of nitrogens with zero attached hydrogens (tertiary/aromatic N) is 2. The van der Waals surface area contributed by atoms with Gasteiger partial charge in [0.15, 0.2) is 5.76 Å². The summed E-state index contributed by atoms with van der Waals surface area (Å²) in [6, 6.07) is 18.3. The van der Waals surface area contributed by atoms with E-state index in [1.807, 2.05) is 24.3 Å². The summed E-state index contributed by atoms with van der Waals surface area (Å²) < 4.78 is 5.95. The number of hydrogen-bond acceptors (Lipinski definition) is 4. The maximum absolute atomic E-state index is 6.06. The van der Waals surface area contributed by atoms with Crippen LogP contribution in [0, 0.1) is 5.92 Å². The highest BCUT2D eigenvalue weighted by Gasteiger charge is 2.33. The van der Waals surface area contributed by atoms with Crippen LogP contribution in [0.3, 0.4) is 0 Å². The van der Waals surface area contributed by atoms with Crippen molar-refractivity contribution in [2.24, 2.45) is 11.7 Å². The van der Waals surface area contributed by atoms with E-state index < -0.39 is 0 Å². The topological polar surface area (TPSA) is 55.3 Å². The molecule has 1 aliphatic heterocycles. The van der Waals surface area contributed by atoms with Crippen LogP contribution < -0.4 is 5.73 Å². The second-order valence-electron chi connectivity index (χ2n) is 6.84. The predicted molar refractivity (Wildman–Crippen MR) is 104 cm³/mol. The van der Waals surface area contributed by atoms with E-state index in [0.29, 0.717) is 29.9 Å². The van der Waals surface area contributed by atoms with E-state index in [1.165, 1.54) is 5.56 Å². The average molecular weight is 368 g/mol. The molecule has 0 aliphatic carbocycles. The Hall–Kier alpha value is -2.14. The van der Waals surface area contributed by atoms with E-state index in [9.17, 15) is 0 Å². The van der Waals surface area contributed by atoms with Crippen molar-refractivity contribution in [2.45, 2.75) is 12.5 Å². The van der Waals surface area contributed by atoms with Crippen LogP contribution in [0.4, 0.5) is 0 Å². The van der Waals surface area contributed by atoms with Gasteiger partial charge in [-0.2, -0.15) is 0 Å². The zero-order valence-electron chi connectivity index (χ0n) is 14.5. The third kappa shape index (κ3) is 3.68. The maximum Gasteiger partial charge on any atom is 0.209 e. The van der Waals surface area contributed by atoms with Crippen molar-refractivity contribution < 1.29 is 4.42 Å². The van der Waals surface area contributed by atoms with Gasteiger partial charge in [0.1, 0.15) is 0 Å². The van der Waals surface area contributed by atoms with Gasteiger partial charge in [0.2, 0.25) is 5.89 Å². The van der Waals surface area contributed by atoms with Crippen molar-refractivity contribution >= 4 is 11.6 Å². The van der Waals surface area contributed by atoms with Crippen LogP contribution >= 0.6 is 11.6 Å². The molecule has 0 unspecified atom stereocenters. The Kier molecular flexibility index (Phi) is 5.07. The van der Waals surface area contributed by atoms with Crippen molar-refractivity contribution in [3.63, 3.8) is 0 Å². The van der Waals surface area contributed by atoms with Crippen LogP contribution in [0.5, 0.6) is 0 Å². The minimum Gasteiger partial charge on any atom is -0.439 e. The molecule has 4 rings (SSSR count). The highest BCUT2D eigenvalue weighted by molar-refractivity contribution is 6.30. The molecule has 2 heterocycles. The number of halogens is 1. The lowest BCUT2D eigenvalue weighted by molar-refractivity contribution is 0.281. The van der Waals surface area contributed by atoms with Gasteiger partial charge >= 0.3 is 0 Å². The number of aromatic nitrogens is 1. The highest BCUT2D eigenvalue weighted by Crippen LogP contribution is 2.33. The zero-order valence-corrected chi connectivity index (χ0v) is 15.3. The average Bonchev–Trinajstić information content (AvgIpc) is 3.30. The molecule has 134 valence electrons. The van der Waals surface area contributed by atoms with E-state index in [1.54, 1.807) is 6.20 Å². The Morgan fingerprint density at radius 2 is 1.96 bits per heavy atom. The second kappa shape index (κ2) is 7.62. The lowest BCUT2D eigenvalue weighted by Crippen LogP contribution is -2.23. The fourth-order valence-electron chi connectivity index (χ4n) is 3.76. The quantitative estimate of drug-likeness (QED) is 0.735. The number of hydrogen-bond donors (Lipinski definition) is 1. The van der Waals surface area contributed by atoms with Gasteiger partial charge in [-0.3, -0.25) is 4.90 Å². The summed E-state index contributed by atoms with van der Waals surface area (Å²) in [5.74, 6) is 2.39. The number of benzene rings is 2. The third-order valence-electron chi connectivity index (χ3n) is 5.07. The summed E-state index contributed by atoms with van der Waals surface area (Å²) >= 11 is 6.06. The van der Waals surface area contributed by atoms with Crippen molar-refractivity contribution in [2.75, 3.05) is 19.6 Å². The van der Waals surface area contributed by atoms with Crippen LogP contribution in [0.25, 0.3) is 11.3 Å². The third-order valence-corrected chi connectivity index (χ3v) is 5.30. The fourth-order valence-corrected chi connectivity index (χ4v) is 3.95. The minimum atomic E-state index is 0.458. The molecule has 1 saturated heterocycles. The largest absolute Gasteiger partial charge is 0.439 e. The first-order chi connectivity index (χ1) is 12.7. The fraction of sp³-hybridized carbons (Fsp3) is 0.286. The van der Waals surface area contributed by atoms with Gasteiger partial charge in [-0.1, -0.05) is 54.1 Å². The first-order valence-corrected chi connectivity index (χ1v) is 9.28. The Labute approximate surface area is 158 Å². The summed E-state index contributed by atoms with van der Waals surface area (Å²) in [4.78, 5) is 6.83. The van der Waals surface area contributed by atoms with E-state index in [-0.39, 0.29) is 0 Å². The van der Waals surface area contributed by atoms with Gasteiger partial charge < -0.3 is 10.2 Å². The van der Waals surface area contributed by atoms with Gasteiger partial charge in [-0.05, 0) is 30.2 Å². The summed E-state index contributed by atoms with van der Waals surface area (Å²) in [5, 5.41) is 0.691. The predicted octanol–water partition coefficient (Wildman–Crippen LogP) is 4.17. The number of oxazole rings is 1. The molecule has 0 radical (unpaired) electrons. The maximum atomic E-state index is 6.06. The van der Waals surface area contributed by atoms with E-state index in [4.69, 9.17) is 21.8 Å². The summed E-state index contributed by atoms with van der Waals surface area (Å²) in [6.45, 7) is 3.32. The van der Waals surface area contributed by atoms with Gasteiger partial charge in [-0.25, -0.2) is 4.98 Å². The van der Waals surface area contributed by atoms with Crippen LogP contribution in [0.1, 0.15) is 17.4 Å². The molecule has 3 aromatic rings. The first-order valence-electron chi connectivity index (χ1n) is 8.91. The summed E-state index contributed by atoms with van der Waals surface area (Å²) in [5.41, 5.74) is 8.34. The molecule has 0 saturated carbocycles. The second-order valence-corrected chi connectivity index (χ2v) is 7.27. The van der Waals surface area contributed by atoms with Crippen molar-refractivity contribution in [1.82, 2.24) is 9.88 Å². The molecule has 2 aromatic carbocycles. The monoisotopic (exact) mass is 367 g/mol. The van der Waals surface area contributed by atoms with E-state index >= 15 is 0 Å². The molecule has 5 heteroatoms. The summed E-state index contributed by atoms with van der Waals surface area (Å²) in [6.07, 6.45) is 1.77. The minimum absolute atomic E-state index is 0.458. The SMILES string of the molecule is NC[C@@H]1CN(Cc2ncc(-c3cccc(Cl)c3)o2)C[C@H]1c1ccccc1. The molecule has 0 amide bonds. The van der Waals surface area contributed by atoms with Crippen LogP contribution in [-0.4, -0.2) is 29.5 Å². The van der Waals surface area contributed by atoms with Crippen molar-refractivity contribution in [3.8, 4) is 11.3 Å². The Morgan fingerprint density at radius 1 is 1.12 bits per heavy atom. The van der Waals surface area contributed by atoms with E-state index in [2.05, 4.69) is 40.2 Å². The molecule has 1 fully saturated rings. The molecule has 1 aromatic heterocycles. The Morgan fingerprint density at radius 3 is 2.73 bits per heavy atom. The van der Waals surface area contributed by atoms with Gasteiger partial charge in [0.25, 0.3) is 0 Å². The van der Waals surface area contributed by atoms with Gasteiger partial charge in [0, 0.05) is 29.6 Å². The highest BCUT2D eigenvalue weighted by atomic mass is 35.5.